The van der Waals surface area contributed by atoms with Crippen LogP contribution in [0.1, 0.15) is 31.8 Å². The van der Waals surface area contributed by atoms with Gasteiger partial charge in [0.2, 0.25) is 0 Å². The van der Waals surface area contributed by atoms with Gasteiger partial charge >= 0.3 is 206 Å². The van der Waals surface area contributed by atoms with Crippen molar-refractivity contribution in [2.45, 2.75) is 33.4 Å². The van der Waals surface area contributed by atoms with E-state index in [4.69, 9.17) is 14.2 Å². The Balaban J connectivity index is 0.00000378. The molecule has 2 amide bonds. The molecule has 0 aliphatic carbocycles. The number of ether oxygens (including phenoxy) is 3. The van der Waals surface area contributed by atoms with E-state index in [1.165, 1.54) is 94.1 Å². The summed E-state index contributed by atoms with van der Waals surface area (Å²) in [5, 5.41) is 29.0. The summed E-state index contributed by atoms with van der Waals surface area (Å²) in [6.45, 7) is 3.22. The van der Waals surface area contributed by atoms with Gasteiger partial charge in [0.05, 0.1) is 92.0 Å². The van der Waals surface area contributed by atoms with Crippen molar-refractivity contribution in [2.24, 2.45) is 30.7 Å². The number of benzene rings is 8. The maximum atomic E-state index is 13.8. The molecule has 412 valence electrons. The van der Waals surface area contributed by atoms with Crippen molar-refractivity contribution in [3.05, 3.63) is 150 Å². The number of aryl methyl sites for hydroxylation is 2. The van der Waals surface area contributed by atoms with Crippen LogP contribution in [0, 0.1) is 13.8 Å². The van der Waals surface area contributed by atoms with Gasteiger partial charge in [-0.3, -0.25) is 9.59 Å². The molecule has 0 aromatic heterocycles. The molecule has 0 atom stereocenters. The van der Waals surface area contributed by atoms with Crippen LogP contribution in [-0.2, 0) is 40.5 Å². The van der Waals surface area contributed by atoms with E-state index in [0.717, 1.165) is 48.5 Å². The van der Waals surface area contributed by atoms with Crippen LogP contribution >= 0.6 is 0 Å². The molecule has 0 unspecified atom stereocenters. The van der Waals surface area contributed by atoms with Crippen molar-refractivity contribution >= 4 is 119 Å². The summed E-state index contributed by atoms with van der Waals surface area (Å²) < 4.78 is 161. The van der Waals surface area contributed by atoms with Crippen LogP contribution in [0.2, 0.25) is 0 Å². The molecule has 0 saturated carbocycles. The molecule has 25 nitrogen and oxygen atoms in total. The standard InChI is InChI=1S/C51H42N8O17S4.4K/c1-27-18-41(44(75-4)25-39(27)58-56-32-21-36-34(48(23-32)79(68,69)70)8-6-10-46(36)77(62,63)64)52-50(60)29-12-14-30(15-13-29)54-55-31-16-17-43(74-3)38(20-31)51(61)53-42-19-28(2)40(26-45(42)76-5)59-57-33-22-37-35(49(24-33)80(71,72)73)9-7-11-47(37)78(65,66)67;;;;/h6-26H,1-5H3,(H,52,60)(H,53,61)(H,62,63,64)(H,65,66,67)(H,68,69,70)(H,71,72,73);;;;/q;4*+1/p-4. The number of carbonyl (C=O) groups excluding carboxylic acids is 2. The zero-order valence-corrected chi connectivity index (χ0v) is 61.6. The van der Waals surface area contributed by atoms with Crippen LogP contribution < -0.4 is 230 Å². The van der Waals surface area contributed by atoms with E-state index in [-0.39, 0.29) is 295 Å². The molecule has 0 fully saturated rings. The van der Waals surface area contributed by atoms with Crippen LogP contribution in [0.3, 0.4) is 0 Å². The molecule has 0 aliphatic rings. The van der Waals surface area contributed by atoms with Crippen LogP contribution in [0.25, 0.3) is 21.5 Å². The molecule has 0 spiro atoms. The fraction of sp³-hybridized carbons (Fsp3) is 0.0980. The van der Waals surface area contributed by atoms with E-state index in [9.17, 15) is 61.5 Å². The van der Waals surface area contributed by atoms with Gasteiger partial charge in [-0.25, -0.2) is 33.7 Å². The van der Waals surface area contributed by atoms with Gasteiger partial charge in [0, 0.05) is 39.2 Å². The number of azo groups is 3. The predicted octanol–water partition coefficient (Wildman–Crippen LogP) is -1.98. The average molecular weight is 1320 g/mol. The van der Waals surface area contributed by atoms with Crippen molar-refractivity contribution in [3.63, 3.8) is 0 Å². The molecule has 0 aliphatic heterocycles. The maximum absolute atomic E-state index is 13.8. The summed E-state index contributed by atoms with van der Waals surface area (Å²) in [4.78, 5) is 24.1. The zero-order chi connectivity index (χ0) is 58.1. The minimum absolute atomic E-state index is 0. The first-order valence-electron chi connectivity index (χ1n) is 22.7. The third-order valence-corrected chi connectivity index (χ3v) is 15.3. The quantitative estimate of drug-likeness (QED) is 0.0567. The zero-order valence-electron chi connectivity index (χ0n) is 45.9. The molecule has 2 N–H and O–H groups in total. The summed E-state index contributed by atoms with van der Waals surface area (Å²) in [7, 11) is -16.6. The van der Waals surface area contributed by atoms with Crippen molar-refractivity contribution in [1.82, 2.24) is 0 Å². The smallest absolute Gasteiger partial charge is 0.744 e. The fourth-order valence-electron chi connectivity index (χ4n) is 8.03. The van der Waals surface area contributed by atoms with E-state index in [1.807, 2.05) is 0 Å². The van der Waals surface area contributed by atoms with E-state index in [0.29, 0.717) is 16.8 Å². The maximum Gasteiger partial charge on any atom is 1.00 e. The van der Waals surface area contributed by atoms with Crippen LogP contribution in [0.15, 0.2) is 178 Å². The molecule has 8 aromatic carbocycles. The van der Waals surface area contributed by atoms with Crippen molar-refractivity contribution in [2.75, 3.05) is 32.0 Å². The van der Waals surface area contributed by atoms with Gasteiger partial charge in [0.25, 0.3) is 11.8 Å². The first kappa shape index (κ1) is 74.1. The molecule has 8 aromatic rings. The predicted molar refractivity (Wildman–Crippen MR) is 283 cm³/mol. The Labute approximate surface area is 651 Å². The molecule has 84 heavy (non-hydrogen) atoms. The van der Waals surface area contributed by atoms with E-state index < -0.39 is 71.9 Å². The molecule has 0 bridgehead atoms. The van der Waals surface area contributed by atoms with Crippen molar-refractivity contribution in [3.8, 4) is 17.2 Å². The van der Waals surface area contributed by atoms with Gasteiger partial charge in [-0.05, 0) is 116 Å². The van der Waals surface area contributed by atoms with Gasteiger partial charge in [-0.2, -0.15) is 30.7 Å². The number of amides is 2. The van der Waals surface area contributed by atoms with Crippen molar-refractivity contribution in [1.29, 1.82) is 0 Å². The topological polar surface area (TPSA) is 389 Å². The number of hydrogen-bond donors (Lipinski definition) is 2. The van der Waals surface area contributed by atoms with Gasteiger partial charge in [-0.1, -0.05) is 24.3 Å². The number of methoxy groups -OCH3 is 3. The summed E-state index contributed by atoms with van der Waals surface area (Å²) in [5.74, 6) is -0.827. The normalized spacial score (nSPS) is 11.8. The van der Waals surface area contributed by atoms with Crippen molar-refractivity contribution < 1.29 is 281 Å². The number of nitrogens with one attached hydrogen (secondary N) is 2. The number of rotatable bonds is 17. The van der Waals surface area contributed by atoms with E-state index in [1.54, 1.807) is 19.9 Å². The number of carbonyl (C=O) groups is 2. The van der Waals surface area contributed by atoms with Gasteiger partial charge < -0.3 is 43.1 Å². The SMILES string of the molecule is COc1cc(N=Nc2cc(S(=O)(=O)[O-])c3cccc(S(=O)(=O)[O-])c3c2)c(C)cc1NC(=O)c1ccc(N=Nc2ccc(OC)c(C(=O)Nc3cc(C)c(N=Nc4cc(S(=O)(=O)[O-])c5cccc(S(=O)(=O)[O-])c5c4)cc3OC)c2)cc1.[K+].[K+].[K+].[K+]. The average Bonchev–Trinajstić information content (AvgIpc) is 3.41. The molecule has 0 radical (unpaired) electrons. The summed E-state index contributed by atoms with van der Waals surface area (Å²) in [6.07, 6.45) is 0. The minimum atomic E-state index is -5.18. The number of hydrogen-bond acceptors (Lipinski definition) is 23. The van der Waals surface area contributed by atoms with E-state index >= 15 is 0 Å². The summed E-state index contributed by atoms with van der Waals surface area (Å²) in [6, 6.07) is 26.8. The monoisotopic (exact) mass is 1320 g/mol. The van der Waals surface area contributed by atoms with Crippen LogP contribution in [0.5, 0.6) is 17.2 Å². The fourth-order valence-corrected chi connectivity index (χ4v) is 10.8. The Bertz CT molecular complexity index is 4470. The Hall–Kier alpha value is -2.39. The third kappa shape index (κ3) is 17.9. The minimum Gasteiger partial charge on any atom is -0.744 e. The van der Waals surface area contributed by atoms with Crippen LogP contribution in [-0.4, -0.2) is 85.0 Å². The summed E-state index contributed by atoms with van der Waals surface area (Å²) >= 11 is 0. The first-order valence-corrected chi connectivity index (χ1v) is 28.3. The number of nitrogens with zero attached hydrogens (tertiary/aromatic N) is 6. The van der Waals surface area contributed by atoms with E-state index in [2.05, 4.69) is 41.3 Å². The van der Waals surface area contributed by atoms with Gasteiger partial charge in [0.1, 0.15) is 57.7 Å². The second kappa shape index (κ2) is 30.9. The molecule has 0 heterocycles. The Morgan fingerprint density at radius 3 is 1.18 bits per heavy atom. The largest absolute Gasteiger partial charge is 1.00 e. The Morgan fingerprint density at radius 2 is 0.774 bits per heavy atom. The molecule has 8 rings (SSSR count). The molecular formula is C51H38K4N8O17S4. The van der Waals surface area contributed by atoms with Crippen LogP contribution in [0.4, 0.5) is 45.5 Å². The Morgan fingerprint density at radius 1 is 0.393 bits per heavy atom. The third-order valence-electron chi connectivity index (χ3n) is 11.8. The molecular weight excluding hydrogens is 1280 g/mol. The second-order valence-corrected chi connectivity index (χ2v) is 22.4. The summed E-state index contributed by atoms with van der Waals surface area (Å²) in [5.41, 5.74) is 1.83. The Kier molecular flexibility index (Phi) is 27.2. The number of anilines is 2. The first-order chi connectivity index (χ1) is 37.7. The molecule has 33 heteroatoms. The number of fused-ring (bicyclic) bond motifs is 2. The van der Waals surface area contributed by atoms with Gasteiger partial charge in [-0.15, -0.1) is 0 Å². The molecule has 0 saturated heterocycles. The van der Waals surface area contributed by atoms with Gasteiger partial charge in [0.15, 0.2) is 0 Å². The second-order valence-electron chi connectivity index (χ2n) is 17.0.